The lowest BCUT2D eigenvalue weighted by Crippen LogP contribution is -2.11. The molecule has 0 aliphatic carbocycles. The molecule has 0 radical (unpaired) electrons. The highest BCUT2D eigenvalue weighted by Crippen LogP contribution is 2.27. The van der Waals surface area contributed by atoms with Crippen molar-refractivity contribution in [2.75, 3.05) is 7.11 Å². The molecule has 0 aromatic heterocycles. The van der Waals surface area contributed by atoms with Crippen molar-refractivity contribution in [3.05, 3.63) is 59.7 Å². The number of ether oxygens (including phenoxy) is 2. The van der Waals surface area contributed by atoms with E-state index in [4.69, 9.17) is 9.47 Å². The van der Waals surface area contributed by atoms with Crippen LogP contribution in [0.5, 0.6) is 11.5 Å². The van der Waals surface area contributed by atoms with E-state index in [0.717, 1.165) is 5.56 Å². The number of hydrogen-bond acceptors (Lipinski definition) is 3. The van der Waals surface area contributed by atoms with Gasteiger partial charge in [-0.2, -0.15) is 0 Å². The second-order valence-corrected chi connectivity index (χ2v) is 5.99. The van der Waals surface area contributed by atoms with E-state index in [0.29, 0.717) is 23.7 Å². The normalized spacial score (nSPS) is 11.8. The monoisotopic (exact) mass is 348 g/mol. The molecule has 0 N–H and O–H groups in total. The van der Waals surface area contributed by atoms with E-state index in [2.05, 4.69) is 15.9 Å². The van der Waals surface area contributed by atoms with E-state index in [1.165, 1.54) is 0 Å². The van der Waals surface area contributed by atoms with Crippen molar-refractivity contribution < 1.29 is 14.3 Å². The van der Waals surface area contributed by atoms with Gasteiger partial charge in [-0.1, -0.05) is 46.3 Å². The van der Waals surface area contributed by atoms with E-state index in [9.17, 15) is 4.79 Å². The van der Waals surface area contributed by atoms with Crippen LogP contribution >= 0.6 is 15.9 Å². The number of alkyl halides is 1. The number of rotatable bonds is 6. The fourth-order valence-corrected chi connectivity index (χ4v) is 2.17. The summed E-state index contributed by atoms with van der Waals surface area (Å²) in [7, 11) is 1.55. The van der Waals surface area contributed by atoms with Crippen molar-refractivity contribution >= 4 is 21.7 Å². The molecule has 0 fully saturated rings. The fraction of sp³-hybridized carbons (Fsp3) is 0.235. The van der Waals surface area contributed by atoms with Gasteiger partial charge >= 0.3 is 0 Å². The topological polar surface area (TPSA) is 35.5 Å². The molecule has 0 saturated heterocycles. The van der Waals surface area contributed by atoms with Gasteiger partial charge < -0.3 is 9.47 Å². The van der Waals surface area contributed by atoms with E-state index < -0.39 is 0 Å². The van der Waals surface area contributed by atoms with Crippen LogP contribution in [0.4, 0.5) is 0 Å². The van der Waals surface area contributed by atoms with Crippen LogP contribution in [0.1, 0.15) is 22.8 Å². The van der Waals surface area contributed by atoms with Crippen LogP contribution in [-0.4, -0.2) is 17.7 Å². The number of carbonyl (C=O) groups is 1. The van der Waals surface area contributed by atoms with Gasteiger partial charge in [0.25, 0.3) is 0 Å². The number of benzene rings is 2. The van der Waals surface area contributed by atoms with E-state index in [1.54, 1.807) is 32.2 Å². The van der Waals surface area contributed by atoms with Gasteiger partial charge in [0.15, 0.2) is 5.78 Å². The highest BCUT2D eigenvalue weighted by atomic mass is 79.9. The summed E-state index contributed by atoms with van der Waals surface area (Å²) in [5.41, 5.74) is 1.64. The summed E-state index contributed by atoms with van der Waals surface area (Å²) in [4.78, 5) is 11.8. The molecule has 3 nitrogen and oxygen atoms in total. The van der Waals surface area contributed by atoms with Crippen molar-refractivity contribution in [2.45, 2.75) is 18.4 Å². The molecule has 1 unspecified atom stereocenters. The van der Waals surface area contributed by atoms with Gasteiger partial charge in [-0.15, -0.1) is 0 Å². The number of hydrogen-bond donors (Lipinski definition) is 0. The third-order valence-electron chi connectivity index (χ3n) is 3.05. The van der Waals surface area contributed by atoms with Crippen LogP contribution in [0.3, 0.4) is 0 Å². The van der Waals surface area contributed by atoms with E-state index in [-0.39, 0.29) is 10.6 Å². The number of Topliss-reactive ketones (excluding diaryl/α,β-unsaturated/α-hetero) is 1. The quantitative estimate of drug-likeness (QED) is 0.578. The average molecular weight is 349 g/mol. The number of carbonyl (C=O) groups excluding carboxylic acids is 1. The summed E-state index contributed by atoms with van der Waals surface area (Å²) in [6, 6.07) is 15.2. The Bertz CT molecular complexity index is 609. The molecule has 0 saturated carbocycles. The lowest BCUT2D eigenvalue weighted by atomic mass is 10.1. The van der Waals surface area contributed by atoms with Crippen molar-refractivity contribution in [1.82, 2.24) is 0 Å². The Morgan fingerprint density at radius 1 is 1.19 bits per heavy atom. The van der Waals surface area contributed by atoms with Gasteiger partial charge in [-0.3, -0.25) is 4.79 Å². The minimum absolute atomic E-state index is 0.0125. The Kier molecular flexibility index (Phi) is 5.39. The Morgan fingerprint density at radius 2 is 1.90 bits per heavy atom. The Hall–Kier alpha value is -1.81. The van der Waals surface area contributed by atoms with Gasteiger partial charge in [0.05, 0.1) is 17.5 Å². The van der Waals surface area contributed by atoms with Crippen molar-refractivity contribution in [3.8, 4) is 11.5 Å². The molecule has 2 rings (SSSR count). The predicted octanol–water partition coefficient (Wildman–Crippen LogP) is 4.24. The first-order chi connectivity index (χ1) is 10.1. The summed E-state index contributed by atoms with van der Waals surface area (Å²) in [6.07, 6.45) is 0. The van der Waals surface area contributed by atoms with Gasteiger partial charge in [-0.25, -0.2) is 0 Å². The molecule has 1 atom stereocenters. The molecule has 4 heteroatoms. The lowest BCUT2D eigenvalue weighted by Gasteiger charge is -2.12. The molecular formula is C17H17BrO3. The molecule has 21 heavy (non-hydrogen) atoms. The third kappa shape index (κ3) is 4.08. The van der Waals surface area contributed by atoms with Crippen molar-refractivity contribution in [2.24, 2.45) is 0 Å². The van der Waals surface area contributed by atoms with E-state index in [1.807, 2.05) is 30.3 Å². The molecule has 0 bridgehead atoms. The summed E-state index contributed by atoms with van der Waals surface area (Å²) < 4.78 is 11.0. The van der Waals surface area contributed by atoms with Gasteiger partial charge in [0, 0.05) is 6.07 Å². The first kappa shape index (κ1) is 15.6. The third-order valence-corrected chi connectivity index (χ3v) is 3.46. The number of methoxy groups -OCH3 is 1. The highest BCUT2D eigenvalue weighted by molar-refractivity contribution is 9.10. The molecule has 2 aromatic rings. The zero-order valence-electron chi connectivity index (χ0n) is 12.0. The second kappa shape index (κ2) is 7.27. The maximum Gasteiger partial charge on any atom is 0.179 e. The Morgan fingerprint density at radius 3 is 2.52 bits per heavy atom. The fourth-order valence-electron chi connectivity index (χ4n) is 1.92. The van der Waals surface area contributed by atoms with Gasteiger partial charge in [-0.05, 0) is 24.6 Å². The average Bonchev–Trinajstić information content (AvgIpc) is 2.52. The van der Waals surface area contributed by atoms with Crippen LogP contribution < -0.4 is 9.47 Å². The number of ketones is 1. The van der Waals surface area contributed by atoms with Crippen LogP contribution in [0, 0.1) is 0 Å². The lowest BCUT2D eigenvalue weighted by molar-refractivity contribution is 0.0993. The Labute approximate surface area is 133 Å². The van der Waals surface area contributed by atoms with Crippen LogP contribution in [0.25, 0.3) is 0 Å². The SMILES string of the molecule is COc1cc(OCc2ccccc2)ccc1C(=O)C(C)Br. The molecule has 0 aliphatic heterocycles. The summed E-state index contributed by atoms with van der Waals surface area (Å²) in [6.45, 7) is 2.27. The van der Waals surface area contributed by atoms with Gasteiger partial charge in [0.1, 0.15) is 18.1 Å². The smallest absolute Gasteiger partial charge is 0.179 e. The highest BCUT2D eigenvalue weighted by Gasteiger charge is 2.17. The predicted molar refractivity (Wildman–Crippen MR) is 86.5 cm³/mol. The zero-order chi connectivity index (χ0) is 15.2. The molecule has 0 amide bonds. The molecule has 110 valence electrons. The summed E-state index contributed by atoms with van der Waals surface area (Å²) in [5, 5.41) is 0. The first-order valence-electron chi connectivity index (χ1n) is 6.65. The standard InChI is InChI=1S/C17H17BrO3/c1-12(18)17(19)15-9-8-14(10-16(15)20-2)21-11-13-6-4-3-5-7-13/h3-10,12H,11H2,1-2H3. The molecule has 0 spiro atoms. The minimum Gasteiger partial charge on any atom is -0.496 e. The summed E-state index contributed by atoms with van der Waals surface area (Å²) >= 11 is 3.28. The van der Waals surface area contributed by atoms with Gasteiger partial charge in [0.2, 0.25) is 0 Å². The van der Waals surface area contributed by atoms with Crippen molar-refractivity contribution in [1.29, 1.82) is 0 Å². The van der Waals surface area contributed by atoms with E-state index >= 15 is 0 Å². The van der Waals surface area contributed by atoms with Crippen LogP contribution in [0.15, 0.2) is 48.5 Å². The van der Waals surface area contributed by atoms with Crippen LogP contribution in [0.2, 0.25) is 0 Å². The molecule has 0 aliphatic rings. The Balaban J connectivity index is 2.14. The molecule has 0 heterocycles. The largest absolute Gasteiger partial charge is 0.496 e. The van der Waals surface area contributed by atoms with Crippen molar-refractivity contribution in [3.63, 3.8) is 0 Å². The molecule has 2 aromatic carbocycles. The maximum atomic E-state index is 12.0. The summed E-state index contributed by atoms with van der Waals surface area (Å²) in [5.74, 6) is 1.19. The first-order valence-corrected chi connectivity index (χ1v) is 7.56. The zero-order valence-corrected chi connectivity index (χ0v) is 13.6. The maximum absolute atomic E-state index is 12.0. The molecular weight excluding hydrogens is 332 g/mol. The number of halogens is 1. The van der Waals surface area contributed by atoms with Crippen LogP contribution in [-0.2, 0) is 6.61 Å². The second-order valence-electron chi connectivity index (χ2n) is 4.62. The minimum atomic E-state index is -0.248.